The predicted molar refractivity (Wildman–Crippen MR) is 60.4 cm³/mol. The van der Waals surface area contributed by atoms with E-state index in [1.807, 2.05) is 39.1 Å². The first kappa shape index (κ1) is 12.5. The molecule has 0 aliphatic heterocycles. The lowest BCUT2D eigenvalue weighted by molar-refractivity contribution is 0.792. The maximum absolute atomic E-state index is 5.80. The van der Waals surface area contributed by atoms with E-state index in [0.717, 1.165) is 18.0 Å². The van der Waals surface area contributed by atoms with Crippen LogP contribution in [0, 0.1) is 0 Å². The van der Waals surface area contributed by atoms with Crippen molar-refractivity contribution in [2.45, 2.75) is 20.3 Å². The van der Waals surface area contributed by atoms with Crippen LogP contribution in [0.1, 0.15) is 19.4 Å². The molecule has 0 aliphatic rings. The van der Waals surface area contributed by atoms with Crippen molar-refractivity contribution in [3.8, 4) is 0 Å². The van der Waals surface area contributed by atoms with Crippen LogP contribution in [0.25, 0.3) is 0 Å². The molecule has 2 heteroatoms. The van der Waals surface area contributed by atoms with Crippen molar-refractivity contribution in [1.82, 2.24) is 5.32 Å². The Hall–Kier alpha value is -0.530. The standard InChI is InChI=1S/C9H12ClN.C2H6/c1-11-6-5-8-3-2-4-9(10)7-8;1-2/h2-4,7,11H,5-6H2,1H3;1-2H3. The lowest BCUT2D eigenvalue weighted by Gasteiger charge is -1.99. The lowest BCUT2D eigenvalue weighted by Crippen LogP contribution is -2.10. The zero-order valence-corrected chi connectivity index (χ0v) is 9.36. The highest BCUT2D eigenvalue weighted by Gasteiger charge is 1.91. The van der Waals surface area contributed by atoms with Crippen molar-refractivity contribution in [2.24, 2.45) is 0 Å². The van der Waals surface area contributed by atoms with Crippen LogP contribution in [0.4, 0.5) is 0 Å². The van der Waals surface area contributed by atoms with Gasteiger partial charge >= 0.3 is 0 Å². The Morgan fingerprint density at radius 1 is 1.31 bits per heavy atom. The van der Waals surface area contributed by atoms with Crippen molar-refractivity contribution in [2.75, 3.05) is 13.6 Å². The number of hydrogen-bond donors (Lipinski definition) is 1. The van der Waals surface area contributed by atoms with Crippen molar-refractivity contribution in [3.63, 3.8) is 0 Å². The molecule has 0 aromatic heterocycles. The van der Waals surface area contributed by atoms with Gasteiger partial charge in [-0.3, -0.25) is 0 Å². The summed E-state index contributed by atoms with van der Waals surface area (Å²) in [5.41, 5.74) is 1.28. The summed E-state index contributed by atoms with van der Waals surface area (Å²) in [6, 6.07) is 7.96. The van der Waals surface area contributed by atoms with Gasteiger partial charge in [0.1, 0.15) is 0 Å². The summed E-state index contributed by atoms with van der Waals surface area (Å²) in [5.74, 6) is 0. The topological polar surface area (TPSA) is 12.0 Å². The molecule has 1 aromatic rings. The Balaban J connectivity index is 0.000000671. The number of hydrogen-bond acceptors (Lipinski definition) is 1. The van der Waals surface area contributed by atoms with Gasteiger partial charge in [0.25, 0.3) is 0 Å². The Morgan fingerprint density at radius 3 is 2.54 bits per heavy atom. The quantitative estimate of drug-likeness (QED) is 0.789. The Kier molecular flexibility index (Phi) is 7.76. The Bertz CT molecular complexity index is 223. The molecule has 0 amide bonds. The maximum Gasteiger partial charge on any atom is 0.0408 e. The van der Waals surface area contributed by atoms with Gasteiger partial charge in [-0.2, -0.15) is 0 Å². The summed E-state index contributed by atoms with van der Waals surface area (Å²) in [4.78, 5) is 0. The van der Waals surface area contributed by atoms with Crippen LogP contribution < -0.4 is 5.32 Å². The number of halogens is 1. The Labute approximate surface area is 86.1 Å². The highest BCUT2D eigenvalue weighted by molar-refractivity contribution is 6.30. The van der Waals surface area contributed by atoms with Gasteiger partial charge in [0.2, 0.25) is 0 Å². The van der Waals surface area contributed by atoms with Crippen LogP contribution in [0.5, 0.6) is 0 Å². The van der Waals surface area contributed by atoms with Gasteiger partial charge in [0.15, 0.2) is 0 Å². The number of likely N-dealkylation sites (N-methyl/N-ethyl adjacent to an activating group) is 1. The van der Waals surface area contributed by atoms with Crippen molar-refractivity contribution < 1.29 is 0 Å². The van der Waals surface area contributed by atoms with Crippen LogP contribution in [-0.2, 0) is 6.42 Å². The smallest absolute Gasteiger partial charge is 0.0408 e. The van der Waals surface area contributed by atoms with E-state index in [1.54, 1.807) is 0 Å². The fraction of sp³-hybridized carbons (Fsp3) is 0.455. The molecule has 0 unspecified atom stereocenters. The maximum atomic E-state index is 5.80. The largest absolute Gasteiger partial charge is 0.319 e. The molecule has 1 N–H and O–H groups in total. The normalized spacial score (nSPS) is 8.92. The molecule has 0 heterocycles. The van der Waals surface area contributed by atoms with E-state index >= 15 is 0 Å². The predicted octanol–water partition coefficient (Wildman–Crippen LogP) is 3.13. The van der Waals surface area contributed by atoms with E-state index in [9.17, 15) is 0 Å². The molecule has 0 atom stereocenters. The molecule has 0 fully saturated rings. The van der Waals surface area contributed by atoms with Crippen LogP contribution in [0.15, 0.2) is 24.3 Å². The summed E-state index contributed by atoms with van der Waals surface area (Å²) in [5, 5.41) is 3.91. The summed E-state index contributed by atoms with van der Waals surface area (Å²) >= 11 is 5.80. The minimum Gasteiger partial charge on any atom is -0.319 e. The van der Waals surface area contributed by atoms with Crippen molar-refractivity contribution in [3.05, 3.63) is 34.9 Å². The number of rotatable bonds is 3. The molecule has 0 aliphatic carbocycles. The minimum atomic E-state index is 0.818. The van der Waals surface area contributed by atoms with E-state index in [2.05, 4.69) is 11.4 Å². The van der Waals surface area contributed by atoms with Gasteiger partial charge in [-0.05, 0) is 37.7 Å². The average Bonchev–Trinajstić information content (AvgIpc) is 2.18. The van der Waals surface area contributed by atoms with Crippen molar-refractivity contribution in [1.29, 1.82) is 0 Å². The molecule has 0 saturated heterocycles. The van der Waals surface area contributed by atoms with E-state index in [1.165, 1.54) is 5.56 Å². The second kappa shape index (κ2) is 8.09. The van der Waals surface area contributed by atoms with Gasteiger partial charge in [0.05, 0.1) is 0 Å². The third-order valence-corrected chi connectivity index (χ3v) is 1.79. The number of nitrogens with one attached hydrogen (secondary N) is 1. The van der Waals surface area contributed by atoms with Crippen LogP contribution in [0.2, 0.25) is 5.02 Å². The van der Waals surface area contributed by atoms with Gasteiger partial charge in [0, 0.05) is 5.02 Å². The molecule has 0 radical (unpaired) electrons. The summed E-state index contributed by atoms with van der Waals surface area (Å²) in [6.07, 6.45) is 1.04. The third kappa shape index (κ3) is 5.67. The lowest BCUT2D eigenvalue weighted by atomic mass is 10.1. The highest BCUT2D eigenvalue weighted by atomic mass is 35.5. The summed E-state index contributed by atoms with van der Waals surface area (Å²) in [7, 11) is 1.95. The first-order valence-electron chi connectivity index (χ1n) is 4.72. The van der Waals surface area contributed by atoms with Crippen LogP contribution in [-0.4, -0.2) is 13.6 Å². The van der Waals surface area contributed by atoms with E-state index < -0.39 is 0 Å². The molecule has 13 heavy (non-hydrogen) atoms. The van der Waals surface area contributed by atoms with Crippen molar-refractivity contribution >= 4 is 11.6 Å². The third-order valence-electron chi connectivity index (χ3n) is 1.55. The van der Waals surface area contributed by atoms with Gasteiger partial charge < -0.3 is 5.32 Å². The van der Waals surface area contributed by atoms with E-state index in [4.69, 9.17) is 11.6 Å². The second-order valence-corrected chi connectivity index (χ2v) is 2.92. The zero-order valence-electron chi connectivity index (χ0n) is 8.60. The second-order valence-electron chi connectivity index (χ2n) is 2.48. The molecule has 0 bridgehead atoms. The summed E-state index contributed by atoms with van der Waals surface area (Å²) < 4.78 is 0. The first-order valence-corrected chi connectivity index (χ1v) is 5.10. The fourth-order valence-corrected chi connectivity index (χ4v) is 1.17. The molecule has 1 rings (SSSR count). The van der Waals surface area contributed by atoms with Gasteiger partial charge in [-0.1, -0.05) is 37.6 Å². The fourth-order valence-electron chi connectivity index (χ4n) is 0.962. The van der Waals surface area contributed by atoms with Crippen LogP contribution in [0.3, 0.4) is 0 Å². The SMILES string of the molecule is CC.CNCCc1cccc(Cl)c1. The van der Waals surface area contributed by atoms with Gasteiger partial charge in [-0.15, -0.1) is 0 Å². The van der Waals surface area contributed by atoms with Gasteiger partial charge in [-0.25, -0.2) is 0 Å². The molecule has 1 nitrogen and oxygen atoms in total. The molecular weight excluding hydrogens is 182 g/mol. The molecule has 74 valence electrons. The molecule has 0 spiro atoms. The van der Waals surface area contributed by atoms with Crippen LogP contribution >= 0.6 is 11.6 Å². The number of benzene rings is 1. The highest BCUT2D eigenvalue weighted by Crippen LogP contribution is 2.10. The first-order chi connectivity index (χ1) is 6.33. The monoisotopic (exact) mass is 199 g/mol. The molecule has 0 saturated carbocycles. The van der Waals surface area contributed by atoms with E-state index in [-0.39, 0.29) is 0 Å². The zero-order chi connectivity index (χ0) is 10.1. The molecular formula is C11H18ClN. The Morgan fingerprint density at radius 2 is 2.00 bits per heavy atom. The summed E-state index contributed by atoms with van der Waals surface area (Å²) in [6.45, 7) is 5.00. The molecule has 1 aromatic carbocycles. The van der Waals surface area contributed by atoms with E-state index in [0.29, 0.717) is 0 Å². The average molecular weight is 200 g/mol. The minimum absolute atomic E-state index is 0.818.